The molecular formula is C10H22N4O. The van der Waals surface area contributed by atoms with Gasteiger partial charge in [-0.1, -0.05) is 6.92 Å². The van der Waals surface area contributed by atoms with Crippen molar-refractivity contribution in [2.45, 2.75) is 51.7 Å². The summed E-state index contributed by atoms with van der Waals surface area (Å²) in [5.74, 6) is 5.51. The summed E-state index contributed by atoms with van der Waals surface area (Å²) in [5, 5.41) is 3.32. The van der Waals surface area contributed by atoms with Gasteiger partial charge >= 0.3 is 0 Å². The first kappa shape index (κ1) is 12.4. The van der Waals surface area contributed by atoms with Crippen molar-refractivity contribution < 1.29 is 4.79 Å². The van der Waals surface area contributed by atoms with Crippen LogP contribution in [0.4, 0.5) is 0 Å². The molecule has 0 radical (unpaired) electrons. The molecule has 5 heteroatoms. The van der Waals surface area contributed by atoms with E-state index in [1.165, 1.54) is 0 Å². The molecule has 15 heavy (non-hydrogen) atoms. The predicted octanol–water partition coefficient (Wildman–Crippen LogP) is -0.215. The van der Waals surface area contributed by atoms with Gasteiger partial charge in [-0.3, -0.25) is 16.0 Å². The first-order valence-electron chi connectivity index (χ1n) is 5.42. The molecule has 0 aromatic carbocycles. The van der Waals surface area contributed by atoms with Crippen LogP contribution in [0.2, 0.25) is 0 Å². The Morgan fingerprint density at radius 1 is 1.60 bits per heavy atom. The van der Waals surface area contributed by atoms with Gasteiger partial charge in [-0.2, -0.15) is 0 Å². The van der Waals surface area contributed by atoms with E-state index in [1.807, 2.05) is 32.6 Å². The zero-order valence-electron chi connectivity index (χ0n) is 10.0. The highest BCUT2D eigenvalue weighted by molar-refractivity contribution is 5.84. The fraction of sp³-hybridized carbons (Fsp3) is 0.900. The van der Waals surface area contributed by atoms with Crippen LogP contribution in [0.15, 0.2) is 0 Å². The van der Waals surface area contributed by atoms with Crippen LogP contribution in [0.25, 0.3) is 0 Å². The van der Waals surface area contributed by atoms with Gasteiger partial charge in [0.05, 0.1) is 6.67 Å². The molecule has 0 aromatic heterocycles. The fourth-order valence-corrected chi connectivity index (χ4v) is 1.88. The van der Waals surface area contributed by atoms with E-state index in [4.69, 9.17) is 5.84 Å². The summed E-state index contributed by atoms with van der Waals surface area (Å²) in [6.07, 6.45) is 0.887. The number of rotatable bonds is 2. The van der Waals surface area contributed by atoms with E-state index >= 15 is 0 Å². The Morgan fingerprint density at radius 3 is 2.60 bits per heavy atom. The fourth-order valence-electron chi connectivity index (χ4n) is 1.88. The second-order valence-corrected chi connectivity index (χ2v) is 4.96. The average Bonchev–Trinajstić information content (AvgIpc) is 2.15. The number of hydrogen-bond acceptors (Lipinski definition) is 4. The lowest BCUT2D eigenvalue weighted by molar-refractivity contribution is -0.143. The molecule has 0 spiro atoms. The van der Waals surface area contributed by atoms with E-state index in [-0.39, 0.29) is 23.5 Å². The smallest absolute Gasteiger partial charge is 0.244 e. The molecule has 2 atom stereocenters. The molecule has 4 N–H and O–H groups in total. The van der Waals surface area contributed by atoms with Crippen LogP contribution in [-0.4, -0.2) is 35.1 Å². The summed E-state index contributed by atoms with van der Waals surface area (Å²) >= 11 is 0. The van der Waals surface area contributed by atoms with Crippen molar-refractivity contribution >= 4 is 5.91 Å². The Kier molecular flexibility index (Phi) is 3.70. The van der Waals surface area contributed by atoms with Crippen LogP contribution in [-0.2, 0) is 4.79 Å². The lowest BCUT2D eigenvalue weighted by Gasteiger charge is -2.44. The van der Waals surface area contributed by atoms with Crippen LogP contribution >= 0.6 is 0 Å². The van der Waals surface area contributed by atoms with Crippen molar-refractivity contribution in [1.29, 1.82) is 0 Å². The zero-order valence-corrected chi connectivity index (χ0v) is 10.0. The third-order valence-electron chi connectivity index (χ3n) is 2.88. The minimum absolute atomic E-state index is 0.0793. The second-order valence-electron chi connectivity index (χ2n) is 4.96. The molecule has 1 amide bonds. The van der Waals surface area contributed by atoms with Gasteiger partial charge in [0, 0.05) is 11.6 Å². The maximum absolute atomic E-state index is 12.1. The number of amides is 1. The molecule has 1 heterocycles. The van der Waals surface area contributed by atoms with Crippen molar-refractivity contribution in [2.24, 2.45) is 5.84 Å². The minimum atomic E-state index is -0.317. The Bertz CT molecular complexity index is 236. The molecule has 1 aliphatic rings. The predicted molar refractivity (Wildman–Crippen MR) is 59.8 cm³/mol. The van der Waals surface area contributed by atoms with Gasteiger partial charge in [-0.05, 0) is 27.2 Å². The third kappa shape index (κ3) is 2.48. The monoisotopic (exact) mass is 214 g/mol. The van der Waals surface area contributed by atoms with Gasteiger partial charge in [0.1, 0.15) is 6.04 Å². The molecule has 1 fully saturated rings. The Balaban J connectivity index is 2.80. The lowest BCUT2D eigenvalue weighted by Crippen LogP contribution is -2.68. The normalized spacial score (nSPS) is 28.3. The van der Waals surface area contributed by atoms with Crippen LogP contribution in [0.1, 0.15) is 34.1 Å². The van der Waals surface area contributed by atoms with Crippen LogP contribution in [0.3, 0.4) is 0 Å². The van der Waals surface area contributed by atoms with Crippen molar-refractivity contribution in [3.63, 3.8) is 0 Å². The Morgan fingerprint density at radius 2 is 2.20 bits per heavy atom. The summed E-state index contributed by atoms with van der Waals surface area (Å²) in [6.45, 7) is 8.70. The number of nitrogens with zero attached hydrogens (tertiary/aromatic N) is 1. The van der Waals surface area contributed by atoms with Gasteiger partial charge < -0.3 is 4.90 Å². The lowest BCUT2D eigenvalue weighted by atomic mass is 9.98. The van der Waals surface area contributed by atoms with Crippen molar-refractivity contribution in [2.75, 3.05) is 6.67 Å². The van der Waals surface area contributed by atoms with Gasteiger partial charge in [0.2, 0.25) is 5.91 Å². The first-order valence-corrected chi connectivity index (χ1v) is 5.42. The summed E-state index contributed by atoms with van der Waals surface area (Å²) < 4.78 is 0. The molecule has 5 nitrogen and oxygen atoms in total. The Hall–Kier alpha value is -0.650. The number of hydrogen-bond donors (Lipinski definition) is 3. The van der Waals surface area contributed by atoms with Gasteiger partial charge in [-0.25, -0.2) is 5.43 Å². The van der Waals surface area contributed by atoms with Crippen molar-refractivity contribution in [3.8, 4) is 0 Å². The van der Waals surface area contributed by atoms with Gasteiger partial charge in [-0.15, -0.1) is 0 Å². The average molecular weight is 214 g/mol. The van der Waals surface area contributed by atoms with Crippen LogP contribution in [0.5, 0.6) is 0 Å². The van der Waals surface area contributed by atoms with E-state index < -0.39 is 0 Å². The number of carbonyl (C=O) groups is 1. The molecule has 0 aromatic rings. The van der Waals surface area contributed by atoms with Crippen molar-refractivity contribution in [3.05, 3.63) is 0 Å². The molecule has 0 saturated carbocycles. The number of carbonyl (C=O) groups excluding carboxylic acids is 1. The topological polar surface area (TPSA) is 70.4 Å². The first-order chi connectivity index (χ1) is 6.91. The highest BCUT2D eigenvalue weighted by Crippen LogP contribution is 2.18. The highest BCUT2D eigenvalue weighted by Gasteiger charge is 2.38. The number of nitrogens with one attached hydrogen (secondary N) is 2. The standard InChI is InChI=1S/C10H22N4O/c1-5-7-8(13-11)9(15)14(6-12-7)10(2,3)4/h7-8,12-13H,5-6,11H2,1-4H3. The summed E-state index contributed by atoms with van der Waals surface area (Å²) in [5.41, 5.74) is 2.43. The van der Waals surface area contributed by atoms with E-state index in [2.05, 4.69) is 10.7 Å². The Labute approximate surface area is 91.3 Å². The van der Waals surface area contributed by atoms with Crippen LogP contribution in [0, 0.1) is 0 Å². The maximum atomic E-state index is 12.1. The SMILES string of the molecule is CCC1NCN(C(C)(C)C)C(=O)C1NN. The summed E-state index contributed by atoms with van der Waals surface area (Å²) in [7, 11) is 0. The quantitative estimate of drug-likeness (QED) is 0.439. The van der Waals surface area contributed by atoms with E-state index in [0.29, 0.717) is 6.67 Å². The third-order valence-corrected chi connectivity index (χ3v) is 2.88. The molecule has 2 unspecified atom stereocenters. The van der Waals surface area contributed by atoms with Gasteiger partial charge in [0.25, 0.3) is 0 Å². The number of nitrogens with two attached hydrogens (primary N) is 1. The minimum Gasteiger partial charge on any atom is -0.324 e. The molecule has 1 saturated heterocycles. The number of hydrazine groups is 1. The maximum Gasteiger partial charge on any atom is 0.244 e. The molecule has 0 aliphatic carbocycles. The summed E-state index contributed by atoms with van der Waals surface area (Å²) in [6, 6.07) is -0.191. The summed E-state index contributed by atoms with van der Waals surface area (Å²) in [4.78, 5) is 13.9. The second kappa shape index (κ2) is 4.47. The van der Waals surface area contributed by atoms with Crippen molar-refractivity contribution in [1.82, 2.24) is 15.6 Å². The molecule has 1 rings (SSSR count). The molecule has 0 bridgehead atoms. The van der Waals surface area contributed by atoms with Gasteiger partial charge in [0.15, 0.2) is 0 Å². The van der Waals surface area contributed by atoms with E-state index in [0.717, 1.165) is 6.42 Å². The zero-order chi connectivity index (χ0) is 11.6. The molecular weight excluding hydrogens is 192 g/mol. The van der Waals surface area contributed by atoms with E-state index in [1.54, 1.807) is 0 Å². The van der Waals surface area contributed by atoms with E-state index in [9.17, 15) is 4.79 Å². The van der Waals surface area contributed by atoms with Crippen LogP contribution < -0.4 is 16.6 Å². The molecule has 88 valence electrons. The largest absolute Gasteiger partial charge is 0.324 e. The molecule has 1 aliphatic heterocycles. The highest BCUT2D eigenvalue weighted by atomic mass is 16.2.